The highest BCUT2D eigenvalue weighted by atomic mass is 32.1. The predicted molar refractivity (Wildman–Crippen MR) is 136 cm³/mol. The van der Waals surface area contributed by atoms with E-state index in [1.165, 1.54) is 17.0 Å². The van der Waals surface area contributed by atoms with Crippen LogP contribution in [0.2, 0.25) is 0 Å². The Morgan fingerprint density at radius 3 is 2.66 bits per heavy atom. The van der Waals surface area contributed by atoms with Crippen molar-refractivity contribution in [3.63, 3.8) is 0 Å². The number of nitrogens with one attached hydrogen (secondary N) is 2. The lowest BCUT2D eigenvalue weighted by Crippen LogP contribution is -2.43. The van der Waals surface area contributed by atoms with Gasteiger partial charge in [0.05, 0.1) is 10.2 Å². The van der Waals surface area contributed by atoms with E-state index >= 15 is 0 Å². The first-order valence-electron chi connectivity index (χ1n) is 11.3. The van der Waals surface area contributed by atoms with Gasteiger partial charge in [-0.05, 0) is 37.4 Å². The Bertz CT molecular complexity index is 1320. The zero-order valence-electron chi connectivity index (χ0n) is 19.2. The van der Waals surface area contributed by atoms with Crippen molar-refractivity contribution in [2.45, 2.75) is 6.54 Å². The van der Waals surface area contributed by atoms with Crippen LogP contribution in [0.1, 0.15) is 4.88 Å². The van der Waals surface area contributed by atoms with Crippen molar-refractivity contribution in [3.05, 3.63) is 71.6 Å². The van der Waals surface area contributed by atoms with Crippen LogP contribution < -0.4 is 15.4 Å². The van der Waals surface area contributed by atoms with Crippen molar-refractivity contribution >= 4 is 39.1 Å². The van der Waals surface area contributed by atoms with Gasteiger partial charge in [0.25, 0.3) is 0 Å². The third-order valence-electron chi connectivity index (χ3n) is 5.72. The van der Waals surface area contributed by atoms with Crippen LogP contribution in [0.15, 0.2) is 60.9 Å². The summed E-state index contributed by atoms with van der Waals surface area (Å²) in [4.78, 5) is 26.6. The van der Waals surface area contributed by atoms with Gasteiger partial charge in [-0.3, -0.25) is 15.2 Å². The molecule has 0 atom stereocenters. The Morgan fingerprint density at radius 2 is 1.89 bits per heavy atom. The third kappa shape index (κ3) is 5.73. The molecule has 2 amide bonds. The molecule has 3 aromatic heterocycles. The third-order valence-corrected chi connectivity index (χ3v) is 6.84. The van der Waals surface area contributed by atoms with Gasteiger partial charge >= 0.3 is 6.03 Å². The molecule has 180 valence electrons. The van der Waals surface area contributed by atoms with Crippen LogP contribution in [-0.2, 0) is 6.54 Å². The van der Waals surface area contributed by atoms with Crippen LogP contribution in [0.4, 0.5) is 20.7 Å². The van der Waals surface area contributed by atoms with E-state index in [4.69, 9.17) is 4.74 Å². The molecule has 0 unspecified atom stereocenters. The molecule has 1 aliphatic rings. The molecule has 10 heteroatoms. The fourth-order valence-electron chi connectivity index (χ4n) is 3.84. The standard InChI is InChI=1S/C25H25FN6O2S/c1-31-10-12-32(13-11-31)16-18-15-20-24(35-18)22(7-9-27-20)34-21-6-5-17(14-19(21)26)29-25(33)30-23-4-2-3-8-28-23/h2-9,14-15H,10-13,16H2,1H3,(H2,28,29,30,33). The number of fused-ring (bicyclic) bond motifs is 1. The number of ether oxygens (including phenoxy) is 1. The summed E-state index contributed by atoms with van der Waals surface area (Å²) in [5, 5.41) is 5.19. The van der Waals surface area contributed by atoms with Crippen molar-refractivity contribution in [1.29, 1.82) is 0 Å². The Kier molecular flexibility index (Phi) is 6.84. The molecule has 1 fully saturated rings. The molecule has 0 radical (unpaired) electrons. The SMILES string of the molecule is CN1CCN(Cc2cc3nccc(Oc4ccc(NC(=O)Nc5ccccn5)cc4F)c3s2)CC1. The van der Waals surface area contributed by atoms with Gasteiger partial charge in [0.2, 0.25) is 0 Å². The molecule has 0 saturated carbocycles. The molecule has 0 bridgehead atoms. The van der Waals surface area contributed by atoms with E-state index in [0.717, 1.165) is 42.9 Å². The number of pyridine rings is 2. The zero-order chi connectivity index (χ0) is 24.2. The second-order valence-corrected chi connectivity index (χ2v) is 9.49. The van der Waals surface area contributed by atoms with Crippen molar-refractivity contribution in [2.24, 2.45) is 0 Å². The van der Waals surface area contributed by atoms with Gasteiger partial charge < -0.3 is 15.0 Å². The second-order valence-electron chi connectivity index (χ2n) is 8.36. The number of amides is 2. The molecule has 1 saturated heterocycles. The number of anilines is 2. The first-order valence-corrected chi connectivity index (χ1v) is 12.1. The van der Waals surface area contributed by atoms with Gasteiger partial charge in [-0.25, -0.2) is 14.2 Å². The maximum Gasteiger partial charge on any atom is 0.324 e. The van der Waals surface area contributed by atoms with E-state index in [9.17, 15) is 9.18 Å². The van der Waals surface area contributed by atoms with Crippen molar-refractivity contribution in [2.75, 3.05) is 43.9 Å². The smallest absolute Gasteiger partial charge is 0.324 e. The molecule has 35 heavy (non-hydrogen) atoms. The lowest BCUT2D eigenvalue weighted by molar-refractivity contribution is 0.149. The number of hydrogen-bond acceptors (Lipinski definition) is 7. The van der Waals surface area contributed by atoms with Gasteiger partial charge in [-0.1, -0.05) is 6.07 Å². The van der Waals surface area contributed by atoms with Crippen LogP contribution in [0.3, 0.4) is 0 Å². The second kappa shape index (κ2) is 10.3. The Morgan fingerprint density at radius 1 is 1.03 bits per heavy atom. The highest BCUT2D eigenvalue weighted by molar-refractivity contribution is 7.19. The topological polar surface area (TPSA) is 82.6 Å². The first-order chi connectivity index (χ1) is 17.0. The summed E-state index contributed by atoms with van der Waals surface area (Å²) in [6.07, 6.45) is 3.24. The number of hydrogen-bond donors (Lipinski definition) is 2. The summed E-state index contributed by atoms with van der Waals surface area (Å²) in [5.41, 5.74) is 1.13. The van der Waals surface area contributed by atoms with E-state index in [2.05, 4.69) is 43.5 Å². The summed E-state index contributed by atoms with van der Waals surface area (Å²) in [6, 6.07) is 12.8. The van der Waals surface area contributed by atoms with Gasteiger partial charge in [0, 0.05) is 67.8 Å². The number of rotatable bonds is 6. The summed E-state index contributed by atoms with van der Waals surface area (Å²) < 4.78 is 21.6. The van der Waals surface area contributed by atoms with Crippen LogP contribution in [0.25, 0.3) is 10.2 Å². The van der Waals surface area contributed by atoms with Crippen LogP contribution in [0, 0.1) is 5.82 Å². The largest absolute Gasteiger partial charge is 0.453 e. The number of halogens is 1. The molecule has 5 rings (SSSR count). The number of carbonyl (C=O) groups excluding carboxylic acids is 1. The van der Waals surface area contributed by atoms with E-state index in [0.29, 0.717) is 17.3 Å². The maximum absolute atomic E-state index is 14.8. The number of thiophene rings is 1. The number of likely N-dealkylation sites (N-methyl/N-ethyl adjacent to an activating group) is 1. The molecule has 0 aliphatic carbocycles. The Balaban J connectivity index is 1.27. The number of carbonyl (C=O) groups is 1. The van der Waals surface area contributed by atoms with Gasteiger partial charge in [-0.2, -0.15) is 0 Å². The number of aromatic nitrogens is 2. The molecule has 4 heterocycles. The molecule has 0 spiro atoms. The minimum Gasteiger partial charge on any atom is -0.453 e. The Hall–Kier alpha value is -3.60. The Labute approximate surface area is 206 Å². The molecular weight excluding hydrogens is 467 g/mol. The molecule has 1 aromatic carbocycles. The number of benzene rings is 1. The van der Waals surface area contributed by atoms with Gasteiger partial charge in [0.1, 0.15) is 11.6 Å². The van der Waals surface area contributed by atoms with Crippen LogP contribution in [-0.4, -0.2) is 59.0 Å². The van der Waals surface area contributed by atoms with Crippen LogP contribution >= 0.6 is 11.3 Å². The van der Waals surface area contributed by atoms with Crippen LogP contribution in [0.5, 0.6) is 11.5 Å². The summed E-state index contributed by atoms with van der Waals surface area (Å²) in [6.45, 7) is 5.06. The fraction of sp³-hybridized carbons (Fsp3) is 0.240. The minimum absolute atomic E-state index is 0.0715. The maximum atomic E-state index is 14.8. The predicted octanol–water partition coefficient (Wildman–Crippen LogP) is 5.01. The average molecular weight is 493 g/mol. The fourth-order valence-corrected chi connectivity index (χ4v) is 4.95. The van der Waals surface area contributed by atoms with Gasteiger partial charge in [-0.15, -0.1) is 11.3 Å². The van der Waals surface area contributed by atoms with E-state index in [-0.39, 0.29) is 5.75 Å². The average Bonchev–Trinajstić information content (AvgIpc) is 3.26. The first kappa shape index (κ1) is 23.2. The quantitative estimate of drug-likeness (QED) is 0.394. The van der Waals surface area contributed by atoms with Crippen molar-refractivity contribution < 1.29 is 13.9 Å². The molecule has 4 aromatic rings. The number of nitrogens with zero attached hydrogens (tertiary/aromatic N) is 4. The molecule has 1 aliphatic heterocycles. The lowest BCUT2D eigenvalue weighted by atomic mass is 10.3. The van der Waals surface area contributed by atoms with Gasteiger partial charge in [0.15, 0.2) is 11.6 Å². The minimum atomic E-state index is -0.584. The highest BCUT2D eigenvalue weighted by Gasteiger charge is 2.17. The van der Waals surface area contributed by atoms with E-state index in [1.807, 2.05) is 0 Å². The van der Waals surface area contributed by atoms with Crippen molar-refractivity contribution in [3.8, 4) is 11.5 Å². The lowest BCUT2D eigenvalue weighted by Gasteiger charge is -2.31. The summed E-state index contributed by atoms with van der Waals surface area (Å²) in [5.74, 6) is 0.439. The zero-order valence-corrected chi connectivity index (χ0v) is 20.0. The number of urea groups is 1. The molecular formula is C25H25FN6O2S. The normalized spacial score (nSPS) is 14.7. The molecule has 2 N–H and O–H groups in total. The highest BCUT2D eigenvalue weighted by Crippen LogP contribution is 2.36. The van der Waals surface area contributed by atoms with E-state index < -0.39 is 11.8 Å². The molecule has 8 nitrogen and oxygen atoms in total. The van der Waals surface area contributed by atoms with E-state index in [1.54, 1.807) is 54.1 Å². The summed E-state index contributed by atoms with van der Waals surface area (Å²) in [7, 11) is 2.14. The van der Waals surface area contributed by atoms with Crippen molar-refractivity contribution in [1.82, 2.24) is 19.8 Å². The number of piperazine rings is 1. The summed E-state index contributed by atoms with van der Waals surface area (Å²) >= 11 is 1.62. The monoisotopic (exact) mass is 492 g/mol.